The number of allylic oxidation sites excluding steroid dienone is 3. The molecular weight excluding hydrogens is 408 g/mol. The van der Waals surface area contributed by atoms with Gasteiger partial charge in [-0.15, -0.1) is 0 Å². The Labute approximate surface area is 193 Å². The summed E-state index contributed by atoms with van der Waals surface area (Å²) in [5.41, 5.74) is 12.5. The summed E-state index contributed by atoms with van der Waals surface area (Å²) < 4.78 is 0. The second-order valence-corrected chi connectivity index (χ2v) is 8.60. The molecule has 2 aromatic carbocycles. The molecule has 0 bridgehead atoms. The topological polar surface area (TPSA) is 83.0 Å². The van der Waals surface area contributed by atoms with Gasteiger partial charge in [-0.25, -0.2) is 0 Å². The lowest BCUT2D eigenvalue weighted by Crippen LogP contribution is -2.40. The summed E-state index contributed by atoms with van der Waals surface area (Å²) in [6.07, 6.45) is 4.48. The molecule has 0 saturated carbocycles. The van der Waals surface area contributed by atoms with Crippen molar-refractivity contribution in [2.24, 2.45) is 5.73 Å². The highest BCUT2D eigenvalue weighted by atomic mass is 16.1. The monoisotopic (exact) mass is 432 g/mol. The second-order valence-electron chi connectivity index (χ2n) is 8.60. The van der Waals surface area contributed by atoms with E-state index in [1.165, 1.54) is 0 Å². The molecule has 0 unspecified atom stereocenters. The summed E-state index contributed by atoms with van der Waals surface area (Å²) >= 11 is 0. The van der Waals surface area contributed by atoms with Crippen LogP contribution in [0.15, 0.2) is 102 Å². The molecule has 2 heterocycles. The molecule has 0 fully saturated rings. The summed E-state index contributed by atoms with van der Waals surface area (Å²) in [5.74, 6) is -0.00405. The number of anilines is 1. The van der Waals surface area contributed by atoms with Crippen LogP contribution in [0.4, 0.5) is 5.69 Å². The lowest BCUT2D eigenvalue weighted by atomic mass is 9.72. The Morgan fingerprint density at radius 2 is 1.76 bits per heavy atom. The van der Waals surface area contributed by atoms with Crippen molar-refractivity contribution >= 4 is 11.5 Å². The number of benzene rings is 2. The maximum absolute atomic E-state index is 13.7. The summed E-state index contributed by atoms with van der Waals surface area (Å²) in [7, 11) is 0. The lowest BCUT2D eigenvalue weighted by molar-refractivity contribution is -0.116. The third-order valence-electron chi connectivity index (χ3n) is 6.55. The zero-order chi connectivity index (χ0) is 22.9. The predicted octanol–water partition coefficient (Wildman–Crippen LogP) is 5.09. The number of nitrogens with zero attached hydrogens (tertiary/aromatic N) is 3. The average molecular weight is 433 g/mol. The van der Waals surface area contributed by atoms with Crippen LogP contribution >= 0.6 is 0 Å². The fourth-order valence-electron chi connectivity index (χ4n) is 4.96. The van der Waals surface area contributed by atoms with E-state index in [1.54, 1.807) is 12.4 Å². The SMILES string of the molecule is Cc1ccc([C@@H]2C(C#N)=C(N)N(c3cccnc3)C3=C2C(=O)C[C@H](c2ccccc2)C3)cc1. The number of nitrogens with two attached hydrogens (primary N) is 1. The highest BCUT2D eigenvalue weighted by molar-refractivity contribution is 6.01. The molecule has 5 heteroatoms. The van der Waals surface area contributed by atoms with Crippen LogP contribution in [-0.4, -0.2) is 10.8 Å². The molecule has 2 atom stereocenters. The standard InChI is InChI=1S/C28H24N4O/c1-18-9-11-20(12-10-18)26-23(16-29)28(30)32(22-8-5-13-31-17-22)24-14-21(15-25(33)27(24)26)19-6-3-2-4-7-19/h2-13,17,21,26H,14-15,30H2,1H3/t21-,26-/m1/s1. The smallest absolute Gasteiger partial charge is 0.162 e. The number of aryl methyl sites for hydroxylation is 1. The van der Waals surface area contributed by atoms with Crippen LogP contribution in [0.1, 0.15) is 41.4 Å². The van der Waals surface area contributed by atoms with E-state index in [2.05, 4.69) is 23.2 Å². The minimum Gasteiger partial charge on any atom is -0.384 e. The van der Waals surface area contributed by atoms with E-state index in [-0.39, 0.29) is 11.7 Å². The average Bonchev–Trinajstić information content (AvgIpc) is 2.85. The third kappa shape index (κ3) is 3.60. The van der Waals surface area contributed by atoms with Crippen LogP contribution in [0.2, 0.25) is 0 Å². The molecule has 2 aliphatic rings. The molecule has 1 aliphatic carbocycles. The Hall–Kier alpha value is -4.17. The second kappa shape index (κ2) is 8.40. The maximum Gasteiger partial charge on any atom is 0.162 e. The number of ketones is 1. The van der Waals surface area contributed by atoms with E-state index in [0.717, 1.165) is 28.1 Å². The highest BCUT2D eigenvalue weighted by Gasteiger charge is 2.42. The number of carbonyl (C=O) groups excluding carboxylic acids is 1. The van der Waals surface area contributed by atoms with Crippen LogP contribution < -0.4 is 10.6 Å². The van der Waals surface area contributed by atoms with Gasteiger partial charge < -0.3 is 5.73 Å². The Kier molecular flexibility index (Phi) is 5.27. The number of hydrogen-bond donors (Lipinski definition) is 1. The van der Waals surface area contributed by atoms with Gasteiger partial charge in [-0.05, 0) is 42.5 Å². The third-order valence-corrected chi connectivity index (χ3v) is 6.55. The Bertz CT molecular complexity index is 1300. The molecule has 1 aliphatic heterocycles. The normalized spacial score (nSPS) is 20.5. The van der Waals surface area contributed by atoms with Gasteiger partial charge in [0.1, 0.15) is 5.82 Å². The van der Waals surface area contributed by atoms with Crippen LogP contribution in [0.5, 0.6) is 0 Å². The van der Waals surface area contributed by atoms with Crippen LogP contribution in [0.25, 0.3) is 0 Å². The van der Waals surface area contributed by atoms with E-state index in [1.807, 2.05) is 66.4 Å². The molecule has 0 radical (unpaired) electrons. The zero-order valence-corrected chi connectivity index (χ0v) is 18.4. The van der Waals surface area contributed by atoms with Gasteiger partial charge in [0, 0.05) is 23.9 Å². The van der Waals surface area contributed by atoms with Crippen molar-refractivity contribution in [2.75, 3.05) is 4.90 Å². The lowest BCUT2D eigenvalue weighted by Gasteiger charge is -2.41. The highest BCUT2D eigenvalue weighted by Crippen LogP contribution is 2.49. The van der Waals surface area contributed by atoms with Crippen LogP contribution in [0, 0.1) is 18.3 Å². The molecule has 33 heavy (non-hydrogen) atoms. The quantitative estimate of drug-likeness (QED) is 0.623. The largest absolute Gasteiger partial charge is 0.384 e. The number of pyridine rings is 1. The van der Waals surface area contributed by atoms with Gasteiger partial charge in [0.05, 0.1) is 29.4 Å². The van der Waals surface area contributed by atoms with E-state index < -0.39 is 5.92 Å². The Morgan fingerprint density at radius 3 is 2.42 bits per heavy atom. The number of aromatic nitrogens is 1. The van der Waals surface area contributed by atoms with Gasteiger partial charge >= 0.3 is 0 Å². The van der Waals surface area contributed by atoms with E-state index >= 15 is 0 Å². The Morgan fingerprint density at radius 1 is 1.00 bits per heavy atom. The van der Waals surface area contributed by atoms with Gasteiger partial charge in [0.15, 0.2) is 5.78 Å². The summed E-state index contributed by atoms with van der Waals surface area (Å²) in [6.45, 7) is 2.02. The predicted molar refractivity (Wildman–Crippen MR) is 128 cm³/mol. The van der Waals surface area contributed by atoms with E-state index in [9.17, 15) is 10.1 Å². The van der Waals surface area contributed by atoms with Crippen LogP contribution in [-0.2, 0) is 4.79 Å². The van der Waals surface area contributed by atoms with Crippen molar-refractivity contribution in [3.8, 4) is 6.07 Å². The first-order chi connectivity index (χ1) is 16.1. The van der Waals surface area contributed by atoms with Crippen molar-refractivity contribution < 1.29 is 4.79 Å². The number of hydrogen-bond acceptors (Lipinski definition) is 5. The molecule has 5 rings (SSSR count). The number of Topliss-reactive ketones (excluding diaryl/α,β-unsaturated/α-hetero) is 1. The van der Waals surface area contributed by atoms with Gasteiger partial charge in [-0.1, -0.05) is 60.2 Å². The van der Waals surface area contributed by atoms with Crippen molar-refractivity contribution in [3.05, 3.63) is 118 Å². The fraction of sp³-hybridized carbons (Fsp3) is 0.179. The Balaban J connectivity index is 1.72. The van der Waals surface area contributed by atoms with Gasteiger partial charge in [0.2, 0.25) is 0 Å². The first-order valence-corrected chi connectivity index (χ1v) is 11.1. The minimum atomic E-state index is -0.470. The fourth-order valence-corrected chi connectivity index (χ4v) is 4.96. The van der Waals surface area contributed by atoms with Crippen LogP contribution in [0.3, 0.4) is 0 Å². The van der Waals surface area contributed by atoms with Gasteiger partial charge in [0.25, 0.3) is 0 Å². The van der Waals surface area contributed by atoms with Gasteiger partial charge in [-0.2, -0.15) is 5.26 Å². The zero-order valence-electron chi connectivity index (χ0n) is 18.4. The van der Waals surface area contributed by atoms with E-state index in [4.69, 9.17) is 5.73 Å². The van der Waals surface area contributed by atoms with Crippen molar-refractivity contribution in [3.63, 3.8) is 0 Å². The van der Waals surface area contributed by atoms with E-state index in [0.29, 0.717) is 29.8 Å². The first-order valence-electron chi connectivity index (χ1n) is 11.1. The molecule has 162 valence electrons. The summed E-state index contributed by atoms with van der Waals surface area (Å²) in [6, 6.07) is 24.2. The number of carbonyl (C=O) groups is 1. The molecule has 3 aromatic rings. The van der Waals surface area contributed by atoms with Crippen molar-refractivity contribution in [2.45, 2.75) is 31.6 Å². The maximum atomic E-state index is 13.7. The molecule has 0 spiro atoms. The van der Waals surface area contributed by atoms with Crippen molar-refractivity contribution in [1.29, 1.82) is 5.26 Å². The molecule has 2 N–H and O–H groups in total. The van der Waals surface area contributed by atoms with Crippen molar-refractivity contribution in [1.82, 2.24) is 4.98 Å². The molecule has 0 amide bonds. The summed E-state index contributed by atoms with van der Waals surface area (Å²) in [5, 5.41) is 10.2. The molecule has 0 saturated heterocycles. The number of nitriles is 1. The molecule has 1 aromatic heterocycles. The number of rotatable bonds is 3. The minimum absolute atomic E-state index is 0.0479. The summed E-state index contributed by atoms with van der Waals surface area (Å²) in [4.78, 5) is 19.9. The molecule has 5 nitrogen and oxygen atoms in total. The molecular formula is C28H24N4O. The first kappa shape index (κ1) is 20.7. The van der Waals surface area contributed by atoms with Gasteiger partial charge in [-0.3, -0.25) is 14.7 Å².